The summed E-state index contributed by atoms with van der Waals surface area (Å²) in [7, 11) is 0. The molecule has 0 aromatic heterocycles. The highest BCUT2D eigenvalue weighted by Gasteiger charge is 2.28. The average molecular weight is 626 g/mol. The number of nitrogens with one attached hydrogen (secondary N) is 1. The van der Waals surface area contributed by atoms with Crippen LogP contribution in [0, 0.1) is 0 Å². The molecule has 0 aromatic carbocycles. The predicted molar refractivity (Wildman–Crippen MR) is 187 cm³/mol. The summed E-state index contributed by atoms with van der Waals surface area (Å²) in [4.78, 5) is 12.4. The number of carbonyl (C=O) groups is 1. The highest BCUT2D eigenvalue weighted by atomic mass is 16.3. The van der Waals surface area contributed by atoms with Crippen molar-refractivity contribution in [2.24, 2.45) is 0 Å². The van der Waals surface area contributed by atoms with Crippen molar-refractivity contribution in [1.82, 2.24) is 5.32 Å². The fraction of sp³-hybridized carbons (Fsp3) is 0.921. The third kappa shape index (κ3) is 27.4. The zero-order valence-corrected chi connectivity index (χ0v) is 29.2. The molecule has 0 aliphatic carbocycles. The number of amides is 1. The molecule has 0 aliphatic heterocycles. The van der Waals surface area contributed by atoms with Gasteiger partial charge in [-0.05, 0) is 38.5 Å². The monoisotopic (exact) mass is 626 g/mol. The van der Waals surface area contributed by atoms with E-state index in [-0.39, 0.29) is 0 Å². The maximum atomic E-state index is 12.4. The molecule has 6 heteroatoms. The second-order valence-electron chi connectivity index (χ2n) is 13.3. The van der Waals surface area contributed by atoms with Crippen LogP contribution in [0.2, 0.25) is 0 Å². The molecular weight excluding hydrogens is 550 g/mol. The minimum Gasteiger partial charge on any atom is -0.394 e. The van der Waals surface area contributed by atoms with Crippen LogP contribution in [0.3, 0.4) is 0 Å². The van der Waals surface area contributed by atoms with E-state index < -0.39 is 36.9 Å². The van der Waals surface area contributed by atoms with Gasteiger partial charge in [0.05, 0.1) is 18.8 Å². The zero-order valence-electron chi connectivity index (χ0n) is 29.2. The Morgan fingerprint density at radius 2 is 0.932 bits per heavy atom. The molecule has 0 bridgehead atoms. The Kier molecular flexibility index (Phi) is 32.7. The second kappa shape index (κ2) is 33.4. The van der Waals surface area contributed by atoms with E-state index in [1.807, 2.05) is 0 Å². The van der Waals surface area contributed by atoms with Crippen molar-refractivity contribution in [2.75, 3.05) is 6.61 Å². The van der Waals surface area contributed by atoms with Gasteiger partial charge in [-0.3, -0.25) is 4.79 Å². The molecule has 0 saturated heterocycles. The minimum atomic E-state index is -1.27. The van der Waals surface area contributed by atoms with Crippen molar-refractivity contribution in [3.05, 3.63) is 12.2 Å². The van der Waals surface area contributed by atoms with E-state index in [4.69, 9.17) is 0 Å². The molecule has 0 spiro atoms. The van der Waals surface area contributed by atoms with E-state index in [1.54, 1.807) is 0 Å². The normalized spacial score (nSPS) is 14.6. The van der Waals surface area contributed by atoms with E-state index >= 15 is 0 Å². The number of carbonyl (C=O) groups excluding carboxylic acids is 1. The average Bonchev–Trinajstić information content (AvgIpc) is 3.03. The Labute approximate surface area is 272 Å². The molecule has 0 fully saturated rings. The SMILES string of the molecule is CCCCC/C=C/CCC[C@@H](O)[C@@H](O)[C@H](CO)NC(=O)[C@H](O)CCCCCCCCCCCCCCCCCCCCCC. The molecule has 0 saturated carbocycles. The van der Waals surface area contributed by atoms with Crippen LogP contribution in [0.5, 0.6) is 0 Å². The molecule has 5 N–H and O–H groups in total. The van der Waals surface area contributed by atoms with Gasteiger partial charge in [0, 0.05) is 0 Å². The molecule has 0 radical (unpaired) electrons. The molecule has 6 nitrogen and oxygen atoms in total. The number of allylic oxidation sites excluding steroid dienone is 2. The summed E-state index contributed by atoms with van der Waals surface area (Å²) in [6.07, 6.45) is 34.0. The van der Waals surface area contributed by atoms with Gasteiger partial charge < -0.3 is 25.7 Å². The van der Waals surface area contributed by atoms with Gasteiger partial charge in [-0.1, -0.05) is 167 Å². The summed E-state index contributed by atoms with van der Waals surface area (Å²) in [5.41, 5.74) is 0. The summed E-state index contributed by atoms with van der Waals surface area (Å²) < 4.78 is 0. The second-order valence-corrected chi connectivity index (χ2v) is 13.3. The predicted octanol–water partition coefficient (Wildman–Crippen LogP) is 9.07. The Bertz CT molecular complexity index is 628. The van der Waals surface area contributed by atoms with E-state index in [1.165, 1.54) is 128 Å². The molecule has 262 valence electrons. The number of hydrogen-bond donors (Lipinski definition) is 5. The third-order valence-electron chi connectivity index (χ3n) is 8.98. The largest absolute Gasteiger partial charge is 0.394 e. The fourth-order valence-corrected chi connectivity index (χ4v) is 5.87. The van der Waals surface area contributed by atoms with E-state index in [0.717, 1.165) is 38.5 Å². The van der Waals surface area contributed by atoms with Crippen LogP contribution in [-0.4, -0.2) is 57.3 Å². The van der Waals surface area contributed by atoms with Crippen LogP contribution in [0.15, 0.2) is 12.2 Å². The third-order valence-corrected chi connectivity index (χ3v) is 8.98. The van der Waals surface area contributed by atoms with Gasteiger partial charge in [-0.2, -0.15) is 0 Å². The van der Waals surface area contributed by atoms with Crippen molar-refractivity contribution in [3.8, 4) is 0 Å². The number of hydrogen-bond acceptors (Lipinski definition) is 5. The van der Waals surface area contributed by atoms with Crippen LogP contribution >= 0.6 is 0 Å². The molecule has 0 aromatic rings. The van der Waals surface area contributed by atoms with Gasteiger partial charge in [0.25, 0.3) is 0 Å². The Balaban J connectivity index is 3.70. The van der Waals surface area contributed by atoms with E-state index in [9.17, 15) is 25.2 Å². The summed E-state index contributed by atoms with van der Waals surface area (Å²) in [5, 5.41) is 43.2. The molecule has 0 rings (SSSR count). The Morgan fingerprint density at radius 1 is 0.545 bits per heavy atom. The highest BCUT2D eigenvalue weighted by Crippen LogP contribution is 2.16. The van der Waals surface area contributed by atoms with Crippen molar-refractivity contribution in [1.29, 1.82) is 0 Å². The van der Waals surface area contributed by atoms with Crippen LogP contribution in [0.4, 0.5) is 0 Å². The van der Waals surface area contributed by atoms with Gasteiger partial charge in [-0.25, -0.2) is 0 Å². The molecule has 0 unspecified atom stereocenters. The lowest BCUT2D eigenvalue weighted by atomic mass is 10.00. The lowest BCUT2D eigenvalue weighted by Gasteiger charge is -2.27. The van der Waals surface area contributed by atoms with Crippen LogP contribution in [0.1, 0.15) is 194 Å². The smallest absolute Gasteiger partial charge is 0.249 e. The van der Waals surface area contributed by atoms with Crippen molar-refractivity contribution < 1.29 is 25.2 Å². The molecule has 4 atom stereocenters. The van der Waals surface area contributed by atoms with Gasteiger partial charge in [-0.15, -0.1) is 0 Å². The first kappa shape index (κ1) is 43.0. The Hall–Kier alpha value is -0.950. The zero-order chi connectivity index (χ0) is 32.5. The lowest BCUT2D eigenvalue weighted by molar-refractivity contribution is -0.132. The van der Waals surface area contributed by atoms with Crippen molar-refractivity contribution in [2.45, 2.75) is 218 Å². The van der Waals surface area contributed by atoms with E-state index in [0.29, 0.717) is 12.8 Å². The number of aliphatic hydroxyl groups excluding tert-OH is 4. The molecular formula is C38H75NO5. The molecule has 0 aliphatic rings. The minimum absolute atomic E-state index is 0.367. The van der Waals surface area contributed by atoms with Gasteiger partial charge in [0.2, 0.25) is 5.91 Å². The standard InChI is InChI=1S/C38H75NO5/c1-3-5-7-9-11-13-14-15-16-17-18-19-20-21-22-23-24-26-28-30-32-36(42)38(44)39-34(33-40)37(43)35(41)31-29-27-25-12-10-8-6-4-2/h12,25,34-37,40-43H,3-11,13-24,26-33H2,1-2H3,(H,39,44)/b25-12+/t34-,35+,36+,37-/m0/s1. The summed E-state index contributed by atoms with van der Waals surface area (Å²) >= 11 is 0. The van der Waals surface area contributed by atoms with Crippen LogP contribution < -0.4 is 5.32 Å². The fourth-order valence-electron chi connectivity index (χ4n) is 5.87. The van der Waals surface area contributed by atoms with Gasteiger partial charge in [0.15, 0.2) is 0 Å². The topological polar surface area (TPSA) is 110 Å². The summed E-state index contributed by atoms with van der Waals surface area (Å²) in [5.74, 6) is -0.594. The Morgan fingerprint density at radius 3 is 1.36 bits per heavy atom. The maximum Gasteiger partial charge on any atom is 0.249 e. The quantitative estimate of drug-likeness (QED) is 0.0362. The highest BCUT2D eigenvalue weighted by molar-refractivity contribution is 5.80. The number of unbranched alkanes of at least 4 members (excludes halogenated alkanes) is 23. The molecule has 0 heterocycles. The van der Waals surface area contributed by atoms with Crippen LogP contribution in [-0.2, 0) is 4.79 Å². The molecule has 1 amide bonds. The first-order valence-corrected chi connectivity index (χ1v) is 19.1. The summed E-state index contributed by atoms with van der Waals surface area (Å²) in [6.45, 7) is 3.97. The van der Waals surface area contributed by atoms with Gasteiger partial charge in [0.1, 0.15) is 12.2 Å². The maximum absolute atomic E-state index is 12.4. The lowest BCUT2D eigenvalue weighted by Crippen LogP contribution is -2.53. The van der Waals surface area contributed by atoms with Crippen LogP contribution in [0.25, 0.3) is 0 Å². The van der Waals surface area contributed by atoms with E-state index in [2.05, 4.69) is 31.3 Å². The molecule has 44 heavy (non-hydrogen) atoms. The number of aliphatic hydroxyl groups is 4. The first-order chi connectivity index (χ1) is 21.5. The van der Waals surface area contributed by atoms with Crippen molar-refractivity contribution >= 4 is 5.91 Å². The number of rotatable bonds is 34. The summed E-state index contributed by atoms with van der Waals surface area (Å²) in [6, 6.07) is -0.994. The van der Waals surface area contributed by atoms with Gasteiger partial charge >= 0.3 is 0 Å². The van der Waals surface area contributed by atoms with Crippen molar-refractivity contribution in [3.63, 3.8) is 0 Å². The first-order valence-electron chi connectivity index (χ1n) is 19.1.